The van der Waals surface area contributed by atoms with Crippen molar-refractivity contribution in [3.63, 3.8) is 0 Å². The van der Waals surface area contributed by atoms with Crippen molar-refractivity contribution in [3.05, 3.63) is 65.5 Å². The van der Waals surface area contributed by atoms with Gasteiger partial charge in [0, 0.05) is 11.3 Å². The molecule has 2 aromatic rings. The van der Waals surface area contributed by atoms with Crippen LogP contribution in [-0.2, 0) is 17.8 Å². The van der Waals surface area contributed by atoms with E-state index in [-0.39, 0.29) is 11.7 Å². The Bertz CT molecular complexity index is 625. The molecule has 1 unspecified atom stereocenters. The zero-order valence-electron chi connectivity index (χ0n) is 13.0. The topological polar surface area (TPSA) is 33.5 Å². The third-order valence-electron chi connectivity index (χ3n) is 3.50. The van der Waals surface area contributed by atoms with Crippen LogP contribution in [0.25, 0.3) is 0 Å². The van der Waals surface area contributed by atoms with Crippen LogP contribution in [-0.4, -0.2) is 19.5 Å². The predicted molar refractivity (Wildman–Crippen MR) is 86.3 cm³/mol. The van der Waals surface area contributed by atoms with Crippen molar-refractivity contribution in [3.8, 4) is 0 Å². The number of halogens is 1. The molecule has 0 radical (unpaired) electrons. The molecule has 116 valence electrons. The maximum absolute atomic E-state index is 13.1. The molecular weight excluding hydrogens is 279 g/mol. The lowest BCUT2D eigenvalue weighted by Gasteiger charge is -2.14. The van der Waals surface area contributed by atoms with Crippen molar-refractivity contribution >= 4 is 11.6 Å². The fraction of sp³-hybridized carbons (Fsp3) is 0.278. The van der Waals surface area contributed by atoms with Gasteiger partial charge in [0.2, 0.25) is 0 Å². The number of benzene rings is 2. The van der Waals surface area contributed by atoms with Gasteiger partial charge in [-0.25, -0.2) is 4.39 Å². The van der Waals surface area contributed by atoms with E-state index in [0.717, 1.165) is 22.6 Å². The normalized spacial score (nSPS) is 12.0. The van der Waals surface area contributed by atoms with Gasteiger partial charge in [-0.2, -0.15) is 0 Å². The summed E-state index contributed by atoms with van der Waals surface area (Å²) < 4.78 is 13.1. The molecule has 1 amide bonds. The Morgan fingerprint density at radius 2 is 1.86 bits per heavy atom. The van der Waals surface area contributed by atoms with Gasteiger partial charge in [-0.3, -0.25) is 4.79 Å². The Hall–Kier alpha value is -2.20. The third kappa shape index (κ3) is 4.97. The second-order valence-electron chi connectivity index (χ2n) is 5.54. The molecule has 0 saturated carbocycles. The van der Waals surface area contributed by atoms with Crippen LogP contribution in [0.4, 0.5) is 10.1 Å². The summed E-state index contributed by atoms with van der Waals surface area (Å²) in [5.41, 5.74) is 2.94. The first-order valence-electron chi connectivity index (χ1n) is 7.51. The molecule has 0 aliphatic heterocycles. The zero-order valence-corrected chi connectivity index (χ0v) is 13.0. The van der Waals surface area contributed by atoms with E-state index in [1.807, 2.05) is 37.4 Å². The van der Waals surface area contributed by atoms with Crippen LogP contribution in [0.5, 0.6) is 0 Å². The van der Waals surface area contributed by atoms with Gasteiger partial charge in [-0.15, -0.1) is 0 Å². The van der Waals surface area contributed by atoms with E-state index < -0.39 is 0 Å². The maximum Gasteiger partial charge on any atom is 0.279 e. The fourth-order valence-corrected chi connectivity index (χ4v) is 2.36. The average Bonchev–Trinajstić information content (AvgIpc) is 2.47. The molecule has 0 spiro atoms. The van der Waals surface area contributed by atoms with Gasteiger partial charge in [0.1, 0.15) is 12.4 Å². The number of aryl methyl sites for hydroxylation is 1. The Morgan fingerprint density at radius 1 is 1.14 bits per heavy atom. The minimum absolute atomic E-state index is 0.0434. The monoisotopic (exact) mass is 301 g/mol. The highest BCUT2D eigenvalue weighted by atomic mass is 19.1. The number of hydrogen-bond donors (Lipinski definition) is 2. The molecular formula is C18H22FN2O+. The number of carbonyl (C=O) groups excluding carboxylic acids is 1. The van der Waals surface area contributed by atoms with Gasteiger partial charge in [0.25, 0.3) is 5.91 Å². The molecule has 2 aromatic carbocycles. The van der Waals surface area contributed by atoms with Gasteiger partial charge < -0.3 is 10.2 Å². The minimum atomic E-state index is -0.245. The Balaban J connectivity index is 1.85. The molecule has 0 saturated heterocycles. The van der Waals surface area contributed by atoms with E-state index in [2.05, 4.69) is 12.2 Å². The Kier molecular flexibility index (Phi) is 5.67. The van der Waals surface area contributed by atoms with Crippen molar-refractivity contribution in [2.45, 2.75) is 19.9 Å². The fourth-order valence-electron chi connectivity index (χ4n) is 2.36. The van der Waals surface area contributed by atoms with Crippen LogP contribution in [0.3, 0.4) is 0 Å². The van der Waals surface area contributed by atoms with E-state index in [1.54, 1.807) is 6.07 Å². The van der Waals surface area contributed by atoms with Gasteiger partial charge >= 0.3 is 0 Å². The van der Waals surface area contributed by atoms with E-state index in [4.69, 9.17) is 0 Å². The molecule has 0 aliphatic carbocycles. The van der Waals surface area contributed by atoms with Crippen molar-refractivity contribution < 1.29 is 14.1 Å². The molecule has 0 heterocycles. The number of hydrogen-bond acceptors (Lipinski definition) is 1. The van der Waals surface area contributed by atoms with Crippen LogP contribution in [0.1, 0.15) is 18.1 Å². The van der Waals surface area contributed by atoms with Gasteiger partial charge in [0.05, 0.1) is 7.05 Å². The highest BCUT2D eigenvalue weighted by molar-refractivity contribution is 5.91. The van der Waals surface area contributed by atoms with Gasteiger partial charge in [-0.05, 0) is 36.2 Å². The largest absolute Gasteiger partial charge is 0.326 e. The molecule has 4 heteroatoms. The number of nitrogens with one attached hydrogen (secondary N) is 2. The van der Waals surface area contributed by atoms with Crippen LogP contribution >= 0.6 is 0 Å². The quantitative estimate of drug-likeness (QED) is 0.841. The molecule has 2 N–H and O–H groups in total. The summed E-state index contributed by atoms with van der Waals surface area (Å²) in [5.74, 6) is -0.288. The number of rotatable bonds is 6. The van der Waals surface area contributed by atoms with Gasteiger partial charge in [-0.1, -0.05) is 31.2 Å². The van der Waals surface area contributed by atoms with E-state index in [9.17, 15) is 9.18 Å². The second kappa shape index (κ2) is 7.71. The van der Waals surface area contributed by atoms with Crippen molar-refractivity contribution in [1.29, 1.82) is 0 Å². The number of amides is 1. The first-order chi connectivity index (χ1) is 10.6. The van der Waals surface area contributed by atoms with E-state index >= 15 is 0 Å². The van der Waals surface area contributed by atoms with Crippen LogP contribution in [0, 0.1) is 5.82 Å². The average molecular weight is 301 g/mol. The summed E-state index contributed by atoms with van der Waals surface area (Å²) >= 11 is 0. The van der Waals surface area contributed by atoms with Crippen molar-refractivity contribution in [2.75, 3.05) is 18.9 Å². The van der Waals surface area contributed by atoms with E-state index in [0.29, 0.717) is 13.1 Å². The minimum Gasteiger partial charge on any atom is -0.326 e. The number of carbonyl (C=O) groups is 1. The van der Waals surface area contributed by atoms with Crippen LogP contribution < -0.4 is 10.2 Å². The molecule has 0 fully saturated rings. The summed E-state index contributed by atoms with van der Waals surface area (Å²) in [7, 11) is 1.92. The lowest BCUT2D eigenvalue weighted by atomic mass is 10.1. The summed E-state index contributed by atoms with van der Waals surface area (Å²) in [6, 6.07) is 14.3. The van der Waals surface area contributed by atoms with Gasteiger partial charge in [0.15, 0.2) is 6.54 Å². The van der Waals surface area contributed by atoms with Crippen LogP contribution in [0.15, 0.2) is 48.5 Å². The number of likely N-dealkylation sites (N-methyl/N-ethyl adjacent to an activating group) is 1. The highest BCUT2D eigenvalue weighted by Crippen LogP contribution is 2.09. The molecule has 0 bridgehead atoms. The second-order valence-corrected chi connectivity index (χ2v) is 5.54. The van der Waals surface area contributed by atoms with Crippen LogP contribution in [0.2, 0.25) is 0 Å². The lowest BCUT2D eigenvalue weighted by molar-refractivity contribution is -0.885. The smallest absolute Gasteiger partial charge is 0.279 e. The zero-order chi connectivity index (χ0) is 15.9. The molecule has 22 heavy (non-hydrogen) atoms. The SMILES string of the molecule is CCc1ccc(NC(=O)C[NH+](C)Cc2cccc(F)c2)cc1. The first kappa shape index (κ1) is 16.2. The molecule has 0 aliphatic rings. The summed E-state index contributed by atoms with van der Waals surface area (Å²) in [5, 5.41) is 2.89. The van der Waals surface area contributed by atoms with Crippen molar-refractivity contribution in [2.24, 2.45) is 0 Å². The standard InChI is InChI=1S/C18H21FN2O/c1-3-14-7-9-17(10-8-14)20-18(22)13-21(2)12-15-5-4-6-16(19)11-15/h4-11H,3,12-13H2,1-2H3,(H,20,22)/p+1. The Labute approximate surface area is 130 Å². The third-order valence-corrected chi connectivity index (χ3v) is 3.50. The lowest BCUT2D eigenvalue weighted by Crippen LogP contribution is -3.08. The van der Waals surface area contributed by atoms with E-state index in [1.165, 1.54) is 17.7 Å². The summed E-state index contributed by atoms with van der Waals surface area (Å²) in [4.78, 5) is 13.0. The molecule has 0 aromatic heterocycles. The number of quaternary nitrogens is 1. The first-order valence-corrected chi connectivity index (χ1v) is 7.51. The predicted octanol–water partition coefficient (Wildman–Crippen LogP) is 2.04. The maximum atomic E-state index is 13.1. The van der Waals surface area contributed by atoms with Crippen molar-refractivity contribution in [1.82, 2.24) is 0 Å². The Morgan fingerprint density at radius 3 is 2.50 bits per heavy atom. The summed E-state index contributed by atoms with van der Waals surface area (Å²) in [6.07, 6.45) is 0.981. The summed E-state index contributed by atoms with van der Waals surface area (Å²) in [6.45, 7) is 3.05. The molecule has 3 nitrogen and oxygen atoms in total. The molecule has 1 atom stereocenters. The highest BCUT2D eigenvalue weighted by Gasteiger charge is 2.11. The number of anilines is 1. The molecule has 2 rings (SSSR count).